The molecule has 0 heteroatoms. The highest BCUT2D eigenvalue weighted by Gasteiger charge is 1.82. The summed E-state index contributed by atoms with van der Waals surface area (Å²) in [5.41, 5.74) is 0. The van der Waals surface area contributed by atoms with E-state index in [1.807, 2.05) is 13.8 Å². The van der Waals surface area contributed by atoms with Crippen LogP contribution in [0.3, 0.4) is 0 Å². The zero-order chi connectivity index (χ0) is 9.40. The van der Waals surface area contributed by atoms with Gasteiger partial charge in [-0.1, -0.05) is 19.8 Å². The van der Waals surface area contributed by atoms with Crippen molar-refractivity contribution in [1.82, 2.24) is 0 Å². The van der Waals surface area contributed by atoms with E-state index < -0.39 is 0 Å². The van der Waals surface area contributed by atoms with E-state index in [9.17, 15) is 0 Å². The molecule has 65 valence electrons. The number of hydrogen-bond donors (Lipinski definition) is 0. The fraction of sp³-hybridized carbons (Fsp3) is 0.583. The van der Waals surface area contributed by atoms with Crippen LogP contribution in [0.15, 0.2) is 0 Å². The van der Waals surface area contributed by atoms with Crippen LogP contribution in [0.5, 0.6) is 0 Å². The molecule has 0 aliphatic rings. The van der Waals surface area contributed by atoms with E-state index in [2.05, 4.69) is 37.5 Å². The summed E-state index contributed by atoms with van der Waals surface area (Å²) in [6, 6.07) is 0. The second-order valence-electron chi connectivity index (χ2n) is 3.28. The van der Waals surface area contributed by atoms with E-state index in [1.54, 1.807) is 0 Å². The van der Waals surface area contributed by atoms with Crippen molar-refractivity contribution < 1.29 is 0 Å². The fourth-order valence-electron chi connectivity index (χ4n) is 0.641. The third-order valence-corrected chi connectivity index (χ3v) is 1.10. The first-order valence-corrected chi connectivity index (χ1v) is 4.40. The summed E-state index contributed by atoms with van der Waals surface area (Å²) in [6.45, 7) is 8.24. The van der Waals surface area contributed by atoms with Gasteiger partial charge < -0.3 is 0 Å². The molecule has 0 N–H and O–H groups in total. The van der Waals surface area contributed by atoms with Crippen molar-refractivity contribution in [2.75, 3.05) is 0 Å². The summed E-state index contributed by atoms with van der Waals surface area (Å²) >= 11 is 0. The topological polar surface area (TPSA) is 0 Å². The minimum Gasteiger partial charge on any atom is -0.102 e. The van der Waals surface area contributed by atoms with Gasteiger partial charge in [-0.15, -0.1) is 17.8 Å². The van der Waals surface area contributed by atoms with E-state index in [0.717, 1.165) is 12.8 Å². The van der Waals surface area contributed by atoms with Gasteiger partial charge >= 0.3 is 0 Å². The van der Waals surface area contributed by atoms with Gasteiger partial charge in [0.25, 0.3) is 0 Å². The minimum absolute atomic E-state index is 0.484. The Balaban J connectivity index is 3.49. The Morgan fingerprint density at radius 2 is 1.67 bits per heavy atom. The third-order valence-electron chi connectivity index (χ3n) is 1.10. The average Bonchev–Trinajstić information content (AvgIpc) is 1.95. The normalized spacial score (nSPS) is 8.83. The predicted octanol–water partition coefficient (Wildman–Crippen LogP) is 3.04. The standard InChI is InChI=1S/C12H17/c1-11(2)9-7-5-6-8-10-12(3)4/h11H,5-6H2,1-4H3. The van der Waals surface area contributed by atoms with Crippen molar-refractivity contribution in [2.45, 2.75) is 40.5 Å². The Bertz CT molecular complexity index is 186. The van der Waals surface area contributed by atoms with Crippen LogP contribution in [0.4, 0.5) is 0 Å². The highest BCUT2D eigenvalue weighted by atomic mass is 13.9. The minimum atomic E-state index is 0.484. The van der Waals surface area contributed by atoms with Crippen LogP contribution < -0.4 is 0 Å². The van der Waals surface area contributed by atoms with Gasteiger partial charge in [0, 0.05) is 24.7 Å². The lowest BCUT2D eigenvalue weighted by Gasteiger charge is -1.87. The molecule has 0 bridgehead atoms. The van der Waals surface area contributed by atoms with Gasteiger partial charge in [0.15, 0.2) is 0 Å². The Hall–Kier alpha value is -0.880. The second kappa shape index (κ2) is 6.81. The maximum atomic E-state index is 3.11. The summed E-state index contributed by atoms with van der Waals surface area (Å²) < 4.78 is 0. The zero-order valence-electron chi connectivity index (χ0n) is 8.49. The SMILES string of the molecule is C[C](C)C#CCCC#CC(C)C. The van der Waals surface area contributed by atoms with Gasteiger partial charge in [0.05, 0.1) is 0 Å². The Morgan fingerprint density at radius 1 is 1.08 bits per heavy atom. The number of hydrogen-bond acceptors (Lipinski definition) is 0. The highest BCUT2D eigenvalue weighted by Crippen LogP contribution is 1.92. The first-order valence-electron chi connectivity index (χ1n) is 4.40. The molecule has 0 unspecified atom stereocenters. The molecule has 0 spiro atoms. The molecule has 0 rings (SSSR count). The molecule has 0 aliphatic heterocycles. The van der Waals surface area contributed by atoms with Crippen LogP contribution in [-0.2, 0) is 0 Å². The van der Waals surface area contributed by atoms with E-state index in [4.69, 9.17) is 0 Å². The van der Waals surface area contributed by atoms with Crippen molar-refractivity contribution in [1.29, 1.82) is 0 Å². The molecule has 12 heavy (non-hydrogen) atoms. The Kier molecular flexibility index (Phi) is 6.31. The molecule has 0 amide bonds. The van der Waals surface area contributed by atoms with Gasteiger partial charge in [0.1, 0.15) is 0 Å². The lowest BCUT2D eigenvalue weighted by atomic mass is 10.2. The van der Waals surface area contributed by atoms with Crippen LogP contribution in [0.25, 0.3) is 0 Å². The molecule has 0 saturated carbocycles. The first-order chi connectivity index (χ1) is 5.63. The summed E-state index contributed by atoms with van der Waals surface area (Å²) in [4.78, 5) is 0. The summed E-state index contributed by atoms with van der Waals surface area (Å²) in [7, 11) is 0. The van der Waals surface area contributed by atoms with Crippen LogP contribution >= 0.6 is 0 Å². The van der Waals surface area contributed by atoms with Gasteiger partial charge in [-0.3, -0.25) is 0 Å². The van der Waals surface area contributed by atoms with Gasteiger partial charge in [-0.2, -0.15) is 0 Å². The van der Waals surface area contributed by atoms with Gasteiger partial charge in [0.2, 0.25) is 0 Å². The molecule has 0 aromatic heterocycles. The van der Waals surface area contributed by atoms with Crippen LogP contribution in [0.1, 0.15) is 40.5 Å². The Morgan fingerprint density at radius 3 is 2.17 bits per heavy atom. The molecule has 0 aromatic rings. The van der Waals surface area contributed by atoms with E-state index in [-0.39, 0.29) is 0 Å². The van der Waals surface area contributed by atoms with E-state index >= 15 is 0 Å². The highest BCUT2D eigenvalue weighted by molar-refractivity contribution is 5.17. The smallest absolute Gasteiger partial charge is 0.0418 e. The maximum Gasteiger partial charge on any atom is 0.0418 e. The van der Waals surface area contributed by atoms with Crippen LogP contribution in [0.2, 0.25) is 0 Å². The third kappa shape index (κ3) is 9.12. The van der Waals surface area contributed by atoms with Crippen molar-refractivity contribution >= 4 is 0 Å². The van der Waals surface area contributed by atoms with Gasteiger partial charge in [-0.05, 0) is 13.8 Å². The molecule has 0 aromatic carbocycles. The summed E-state index contributed by atoms with van der Waals surface area (Å²) in [5, 5.41) is 0. The van der Waals surface area contributed by atoms with Crippen molar-refractivity contribution in [3.8, 4) is 23.7 Å². The molecular formula is C12H17. The number of rotatable bonds is 1. The van der Waals surface area contributed by atoms with Crippen LogP contribution in [-0.4, -0.2) is 0 Å². The lowest BCUT2D eigenvalue weighted by molar-refractivity contribution is 0.863. The van der Waals surface area contributed by atoms with E-state index in [1.165, 1.54) is 5.92 Å². The second-order valence-corrected chi connectivity index (χ2v) is 3.28. The maximum absolute atomic E-state index is 3.11. The largest absolute Gasteiger partial charge is 0.102 e. The summed E-state index contributed by atoms with van der Waals surface area (Å²) in [6.07, 6.45) is 1.80. The fourth-order valence-corrected chi connectivity index (χ4v) is 0.641. The Labute approximate surface area is 76.8 Å². The quantitative estimate of drug-likeness (QED) is 0.409. The van der Waals surface area contributed by atoms with Crippen molar-refractivity contribution in [3.63, 3.8) is 0 Å². The molecule has 1 radical (unpaired) electrons. The van der Waals surface area contributed by atoms with Gasteiger partial charge in [-0.25, -0.2) is 0 Å². The molecule has 0 atom stereocenters. The zero-order valence-corrected chi connectivity index (χ0v) is 8.49. The monoisotopic (exact) mass is 161 g/mol. The summed E-state index contributed by atoms with van der Waals surface area (Å²) in [5.74, 6) is 14.0. The molecule has 0 aliphatic carbocycles. The molecule has 0 fully saturated rings. The predicted molar refractivity (Wildman–Crippen MR) is 54.2 cm³/mol. The lowest BCUT2D eigenvalue weighted by Crippen LogP contribution is -1.78. The molecule has 0 saturated heterocycles. The molecule has 0 nitrogen and oxygen atoms in total. The van der Waals surface area contributed by atoms with Crippen molar-refractivity contribution in [3.05, 3.63) is 5.92 Å². The van der Waals surface area contributed by atoms with Crippen LogP contribution in [0, 0.1) is 35.5 Å². The van der Waals surface area contributed by atoms with Crippen molar-refractivity contribution in [2.24, 2.45) is 5.92 Å². The number of unbranched alkanes of at least 4 members (excludes halogenated alkanes) is 1. The van der Waals surface area contributed by atoms with E-state index in [0.29, 0.717) is 5.92 Å². The average molecular weight is 161 g/mol. The molecular weight excluding hydrogens is 144 g/mol. The first kappa shape index (κ1) is 11.1. The molecule has 0 heterocycles.